The van der Waals surface area contributed by atoms with Crippen molar-refractivity contribution in [2.75, 3.05) is 6.61 Å². The molecule has 0 spiro atoms. The lowest BCUT2D eigenvalue weighted by molar-refractivity contribution is -0.160. The predicted molar refractivity (Wildman–Crippen MR) is 74.4 cm³/mol. The van der Waals surface area contributed by atoms with E-state index in [1.165, 1.54) is 0 Å². The van der Waals surface area contributed by atoms with Crippen LogP contribution < -0.4 is 0 Å². The molecular weight excluding hydrogens is 254 g/mol. The first-order chi connectivity index (χ1) is 9.44. The van der Waals surface area contributed by atoms with Gasteiger partial charge in [0, 0.05) is 5.41 Å². The molecule has 0 bridgehead atoms. The molecular formula is C16H21NO3. The molecule has 0 N–H and O–H groups in total. The standard InChI is InChI=1S/C16H21NO3/c1-5-19-13(18)12-15(2,3)14-17(20-14)16(12,4)11-9-7-6-8-10-11/h6-10,12,14H,5H2,1-4H3/t12-,14-,16-,17?/m0/s1. The SMILES string of the molecule is CCOC(=O)[C@H]1C(C)(C)[C@@H]2ON2[C@@]1(C)c1ccccc1. The van der Waals surface area contributed by atoms with Crippen LogP contribution in [0.1, 0.15) is 33.3 Å². The minimum Gasteiger partial charge on any atom is -0.466 e. The van der Waals surface area contributed by atoms with Gasteiger partial charge >= 0.3 is 5.97 Å². The van der Waals surface area contributed by atoms with Crippen LogP contribution in [0.5, 0.6) is 0 Å². The number of benzene rings is 1. The second-order valence-corrected chi connectivity index (χ2v) is 6.30. The Morgan fingerprint density at radius 1 is 1.30 bits per heavy atom. The van der Waals surface area contributed by atoms with Gasteiger partial charge in [0.25, 0.3) is 0 Å². The Labute approximate surface area is 119 Å². The molecule has 0 aromatic heterocycles. The number of hydrogen-bond donors (Lipinski definition) is 0. The van der Waals surface area contributed by atoms with Crippen molar-refractivity contribution in [3.05, 3.63) is 35.9 Å². The number of fused-ring (bicyclic) bond motifs is 1. The predicted octanol–water partition coefficient (Wildman–Crippen LogP) is 2.69. The van der Waals surface area contributed by atoms with Crippen LogP contribution in [-0.4, -0.2) is 23.9 Å². The maximum Gasteiger partial charge on any atom is 0.311 e. The van der Waals surface area contributed by atoms with Crippen LogP contribution in [0.3, 0.4) is 0 Å². The van der Waals surface area contributed by atoms with Crippen molar-refractivity contribution in [1.82, 2.24) is 5.06 Å². The molecule has 4 nitrogen and oxygen atoms in total. The summed E-state index contributed by atoms with van der Waals surface area (Å²) in [7, 11) is 0. The molecule has 1 aromatic carbocycles. The van der Waals surface area contributed by atoms with E-state index in [-0.39, 0.29) is 23.5 Å². The summed E-state index contributed by atoms with van der Waals surface area (Å²) < 4.78 is 5.33. The summed E-state index contributed by atoms with van der Waals surface area (Å²) in [5.41, 5.74) is 0.351. The van der Waals surface area contributed by atoms with Gasteiger partial charge in [0.2, 0.25) is 0 Å². The van der Waals surface area contributed by atoms with E-state index >= 15 is 0 Å². The molecule has 1 unspecified atom stereocenters. The van der Waals surface area contributed by atoms with Gasteiger partial charge < -0.3 is 4.74 Å². The smallest absolute Gasteiger partial charge is 0.311 e. The number of hydrogen-bond acceptors (Lipinski definition) is 4. The normalized spacial score (nSPS) is 37.3. The average Bonchev–Trinajstić information content (AvgIpc) is 3.18. The Kier molecular flexibility index (Phi) is 2.92. The zero-order valence-electron chi connectivity index (χ0n) is 12.4. The summed E-state index contributed by atoms with van der Waals surface area (Å²) in [6.45, 7) is 8.47. The Hall–Kier alpha value is -1.39. The molecule has 1 aromatic rings. The van der Waals surface area contributed by atoms with E-state index in [2.05, 4.69) is 20.8 Å². The molecule has 0 amide bonds. The molecule has 108 valence electrons. The highest BCUT2D eigenvalue weighted by Gasteiger charge is 2.73. The first kappa shape index (κ1) is 13.6. The van der Waals surface area contributed by atoms with Gasteiger partial charge in [-0.1, -0.05) is 44.2 Å². The lowest BCUT2D eigenvalue weighted by Crippen LogP contribution is -2.46. The summed E-state index contributed by atoms with van der Waals surface area (Å²) in [4.78, 5) is 18.2. The first-order valence-corrected chi connectivity index (χ1v) is 7.12. The average molecular weight is 275 g/mol. The van der Waals surface area contributed by atoms with Gasteiger partial charge in [-0.2, -0.15) is 0 Å². The zero-order valence-corrected chi connectivity index (χ0v) is 12.4. The third-order valence-corrected chi connectivity index (χ3v) is 4.66. The molecule has 2 saturated heterocycles. The monoisotopic (exact) mass is 275 g/mol. The van der Waals surface area contributed by atoms with Crippen LogP contribution >= 0.6 is 0 Å². The highest BCUT2D eigenvalue weighted by atomic mass is 16.8. The van der Waals surface area contributed by atoms with Crippen LogP contribution in [0.25, 0.3) is 0 Å². The molecule has 4 atom stereocenters. The quantitative estimate of drug-likeness (QED) is 0.628. The zero-order chi connectivity index (χ0) is 14.5. The molecule has 3 rings (SSSR count). The second kappa shape index (κ2) is 4.30. The first-order valence-electron chi connectivity index (χ1n) is 7.12. The molecule has 20 heavy (non-hydrogen) atoms. The van der Waals surface area contributed by atoms with Crippen molar-refractivity contribution in [2.45, 2.75) is 39.5 Å². The van der Waals surface area contributed by atoms with Crippen LogP contribution in [-0.2, 0) is 19.9 Å². The number of carbonyl (C=O) groups excluding carboxylic acids is 1. The number of hydroxylamine groups is 2. The van der Waals surface area contributed by atoms with Gasteiger partial charge in [0.15, 0.2) is 6.23 Å². The fraction of sp³-hybridized carbons (Fsp3) is 0.562. The van der Waals surface area contributed by atoms with E-state index in [0.29, 0.717) is 6.61 Å². The lowest BCUT2D eigenvalue weighted by Gasteiger charge is -2.37. The van der Waals surface area contributed by atoms with Crippen LogP contribution in [0.15, 0.2) is 30.3 Å². The Bertz CT molecular complexity index is 528. The van der Waals surface area contributed by atoms with E-state index < -0.39 is 5.54 Å². The molecule has 4 heteroatoms. The highest BCUT2D eigenvalue weighted by molar-refractivity contribution is 5.76. The summed E-state index contributed by atoms with van der Waals surface area (Å²) in [5.74, 6) is -0.379. The van der Waals surface area contributed by atoms with Gasteiger partial charge in [-0.15, -0.1) is 5.06 Å². The fourth-order valence-corrected chi connectivity index (χ4v) is 3.69. The topological polar surface area (TPSA) is 41.8 Å². The van der Waals surface area contributed by atoms with E-state index in [9.17, 15) is 4.79 Å². The number of carbonyl (C=O) groups is 1. The van der Waals surface area contributed by atoms with Gasteiger partial charge in [0.1, 0.15) is 0 Å². The van der Waals surface area contributed by atoms with Crippen molar-refractivity contribution in [2.24, 2.45) is 11.3 Å². The van der Waals surface area contributed by atoms with Gasteiger partial charge in [-0.25, -0.2) is 0 Å². The number of ether oxygens (including phenoxy) is 1. The van der Waals surface area contributed by atoms with E-state index in [4.69, 9.17) is 9.57 Å². The van der Waals surface area contributed by atoms with Crippen molar-refractivity contribution in [3.63, 3.8) is 0 Å². The molecule has 0 saturated carbocycles. The van der Waals surface area contributed by atoms with Gasteiger partial charge in [-0.3, -0.25) is 9.63 Å². The largest absolute Gasteiger partial charge is 0.466 e. The maximum atomic E-state index is 12.5. The van der Waals surface area contributed by atoms with Gasteiger partial charge in [0.05, 0.1) is 18.1 Å². The van der Waals surface area contributed by atoms with E-state index in [1.54, 1.807) is 0 Å². The minimum absolute atomic E-state index is 0.0119. The molecule has 2 aliphatic rings. The Morgan fingerprint density at radius 2 is 1.95 bits per heavy atom. The summed E-state index contributed by atoms with van der Waals surface area (Å²) >= 11 is 0. The van der Waals surface area contributed by atoms with Crippen LogP contribution in [0.2, 0.25) is 0 Å². The highest BCUT2D eigenvalue weighted by Crippen LogP contribution is 2.63. The summed E-state index contributed by atoms with van der Waals surface area (Å²) in [5, 5.41) is 1.95. The van der Waals surface area contributed by atoms with Crippen LogP contribution in [0.4, 0.5) is 0 Å². The molecule has 2 fully saturated rings. The third-order valence-electron chi connectivity index (χ3n) is 4.66. The molecule has 0 aliphatic carbocycles. The Morgan fingerprint density at radius 3 is 2.55 bits per heavy atom. The van der Waals surface area contributed by atoms with E-state index in [1.807, 2.05) is 42.3 Å². The maximum absolute atomic E-state index is 12.5. The Balaban J connectivity index is 2.06. The number of esters is 1. The number of nitrogens with zero attached hydrogens (tertiary/aromatic N) is 1. The van der Waals surface area contributed by atoms with Crippen LogP contribution in [0, 0.1) is 11.3 Å². The molecule has 2 heterocycles. The van der Waals surface area contributed by atoms with Gasteiger partial charge in [-0.05, 0) is 19.4 Å². The lowest BCUT2D eigenvalue weighted by atomic mass is 9.69. The van der Waals surface area contributed by atoms with Crippen molar-refractivity contribution >= 4 is 5.97 Å². The fourth-order valence-electron chi connectivity index (χ4n) is 3.69. The third kappa shape index (κ3) is 1.64. The van der Waals surface area contributed by atoms with E-state index in [0.717, 1.165) is 5.56 Å². The summed E-state index contributed by atoms with van der Waals surface area (Å²) in [6, 6.07) is 10.1. The van der Waals surface area contributed by atoms with Crippen molar-refractivity contribution < 1.29 is 14.4 Å². The van der Waals surface area contributed by atoms with Crippen molar-refractivity contribution in [3.8, 4) is 0 Å². The molecule has 2 aliphatic heterocycles. The minimum atomic E-state index is -0.471. The van der Waals surface area contributed by atoms with Crippen molar-refractivity contribution in [1.29, 1.82) is 0 Å². The molecule has 0 radical (unpaired) electrons. The number of rotatable bonds is 3. The summed E-state index contributed by atoms with van der Waals surface area (Å²) in [6.07, 6.45) is -0.0119. The second-order valence-electron chi connectivity index (χ2n) is 6.30.